The summed E-state index contributed by atoms with van der Waals surface area (Å²) < 4.78 is 11.6. The van der Waals surface area contributed by atoms with Crippen molar-refractivity contribution < 1.29 is 33.8 Å². The lowest BCUT2D eigenvalue weighted by molar-refractivity contribution is -0.139. The van der Waals surface area contributed by atoms with E-state index in [0.29, 0.717) is 30.1 Å². The fourth-order valence-electron chi connectivity index (χ4n) is 4.87. The van der Waals surface area contributed by atoms with E-state index >= 15 is 0 Å². The van der Waals surface area contributed by atoms with Crippen LogP contribution in [-0.4, -0.2) is 97.3 Å². The largest absolute Gasteiger partial charge is 0.495 e. The van der Waals surface area contributed by atoms with Crippen molar-refractivity contribution in [2.24, 2.45) is 0 Å². The Bertz CT molecular complexity index is 969. The van der Waals surface area contributed by atoms with Crippen LogP contribution in [0.3, 0.4) is 0 Å². The molecule has 35 heavy (non-hydrogen) atoms. The number of rotatable bonds is 7. The quantitative estimate of drug-likeness (QED) is 0.588. The van der Waals surface area contributed by atoms with E-state index < -0.39 is 12.0 Å². The summed E-state index contributed by atoms with van der Waals surface area (Å²) in [5.74, 6) is -0.802. The predicted octanol–water partition coefficient (Wildman–Crippen LogP) is 1.31. The Labute approximate surface area is 203 Å². The summed E-state index contributed by atoms with van der Waals surface area (Å²) in [4.78, 5) is 53.0. The molecule has 4 rings (SSSR count). The van der Waals surface area contributed by atoms with Crippen molar-refractivity contribution in [2.45, 2.75) is 44.3 Å². The van der Waals surface area contributed by atoms with Gasteiger partial charge in [0.15, 0.2) is 0 Å². The Kier molecular flexibility index (Phi) is 7.86. The molecule has 3 saturated heterocycles. The second kappa shape index (κ2) is 11.0. The molecule has 2 N–H and O–H groups in total. The second-order valence-corrected chi connectivity index (χ2v) is 9.14. The molecule has 0 saturated carbocycles. The van der Waals surface area contributed by atoms with Gasteiger partial charge in [-0.2, -0.15) is 0 Å². The van der Waals surface area contributed by atoms with E-state index in [9.17, 15) is 19.2 Å². The minimum Gasteiger partial charge on any atom is -0.495 e. The fourth-order valence-corrected chi connectivity index (χ4v) is 4.87. The molecule has 3 aliphatic heterocycles. The lowest BCUT2D eigenvalue weighted by Gasteiger charge is -2.37. The van der Waals surface area contributed by atoms with Gasteiger partial charge < -0.3 is 19.5 Å². The number of nitrogens with one attached hydrogen (secondary N) is 1. The molecule has 11 heteroatoms. The Balaban J connectivity index is 1.32. The summed E-state index contributed by atoms with van der Waals surface area (Å²) in [6.07, 6.45) is 3.49. The van der Waals surface area contributed by atoms with Crippen LogP contribution in [0.15, 0.2) is 18.2 Å². The van der Waals surface area contributed by atoms with Crippen molar-refractivity contribution in [2.75, 3.05) is 51.3 Å². The lowest BCUT2D eigenvalue weighted by Crippen LogP contribution is -2.49. The zero-order valence-electron chi connectivity index (χ0n) is 19.9. The first kappa shape index (κ1) is 24.9. The Morgan fingerprint density at radius 3 is 2.29 bits per heavy atom. The fraction of sp³-hybridized carbons (Fsp3) is 0.583. The first-order chi connectivity index (χ1) is 16.8. The van der Waals surface area contributed by atoms with Crippen molar-refractivity contribution in [1.29, 1.82) is 0 Å². The maximum absolute atomic E-state index is 13.2. The smallest absolute Gasteiger partial charge is 0.328 e. The number of carbonyl (C=O) groups excluding carboxylic acids is 3. The van der Waals surface area contributed by atoms with E-state index in [-0.39, 0.29) is 43.5 Å². The van der Waals surface area contributed by atoms with Gasteiger partial charge in [-0.1, -0.05) is 0 Å². The molecule has 0 atom stereocenters. The van der Waals surface area contributed by atoms with Crippen LogP contribution in [0.4, 0.5) is 10.5 Å². The SMILES string of the molecule is COc1ccc(C(=O)N2CCC(OC3CCN(CC(=O)O)CC3)CC2)cc1N1CCC(=O)NC1=O. The highest BCUT2D eigenvalue weighted by atomic mass is 16.5. The van der Waals surface area contributed by atoms with E-state index in [1.807, 2.05) is 4.90 Å². The summed E-state index contributed by atoms with van der Waals surface area (Å²) in [6.45, 7) is 2.87. The predicted molar refractivity (Wildman–Crippen MR) is 126 cm³/mol. The van der Waals surface area contributed by atoms with Gasteiger partial charge in [0, 0.05) is 44.7 Å². The number of carboxylic acid groups (broad SMARTS) is 1. The van der Waals surface area contributed by atoms with Crippen molar-refractivity contribution in [3.63, 3.8) is 0 Å². The number of carboxylic acids is 1. The van der Waals surface area contributed by atoms with Crippen molar-refractivity contribution in [1.82, 2.24) is 15.1 Å². The molecule has 0 bridgehead atoms. The van der Waals surface area contributed by atoms with E-state index in [4.69, 9.17) is 14.6 Å². The van der Waals surface area contributed by atoms with Gasteiger partial charge in [0.25, 0.3) is 5.91 Å². The number of methoxy groups -OCH3 is 1. The van der Waals surface area contributed by atoms with Crippen molar-refractivity contribution in [3.8, 4) is 5.75 Å². The lowest BCUT2D eigenvalue weighted by atomic mass is 10.0. The van der Waals surface area contributed by atoms with E-state index in [2.05, 4.69) is 5.32 Å². The number of piperidine rings is 2. The third kappa shape index (κ3) is 6.09. The number of anilines is 1. The molecule has 0 aromatic heterocycles. The molecule has 3 fully saturated rings. The number of nitrogens with zero attached hydrogens (tertiary/aromatic N) is 3. The summed E-state index contributed by atoms with van der Waals surface area (Å²) in [7, 11) is 1.49. The van der Waals surface area contributed by atoms with Crippen LogP contribution in [-0.2, 0) is 14.3 Å². The number of amides is 4. The van der Waals surface area contributed by atoms with Crippen LogP contribution in [0.25, 0.3) is 0 Å². The average Bonchev–Trinajstić information content (AvgIpc) is 2.85. The number of likely N-dealkylation sites (tertiary alicyclic amines) is 2. The number of hydrogen-bond acceptors (Lipinski definition) is 7. The number of carbonyl (C=O) groups is 4. The molecule has 11 nitrogen and oxygen atoms in total. The minimum atomic E-state index is -0.806. The number of urea groups is 1. The molecular weight excluding hydrogens is 456 g/mol. The van der Waals surface area contributed by atoms with Crippen LogP contribution < -0.4 is 15.0 Å². The van der Waals surface area contributed by atoms with Crippen LogP contribution in [0, 0.1) is 0 Å². The zero-order chi connectivity index (χ0) is 24.9. The maximum atomic E-state index is 13.2. The second-order valence-electron chi connectivity index (χ2n) is 9.14. The highest BCUT2D eigenvalue weighted by Gasteiger charge is 2.30. The molecule has 3 heterocycles. The van der Waals surface area contributed by atoms with Crippen LogP contribution in [0.1, 0.15) is 42.5 Å². The Hall–Kier alpha value is -3.18. The zero-order valence-corrected chi connectivity index (χ0v) is 19.9. The van der Waals surface area contributed by atoms with Gasteiger partial charge in [-0.05, 0) is 43.9 Å². The molecule has 1 aromatic carbocycles. The summed E-state index contributed by atoms with van der Waals surface area (Å²) in [6, 6.07) is 4.46. The molecule has 190 valence electrons. The summed E-state index contributed by atoms with van der Waals surface area (Å²) in [5, 5.41) is 11.2. The van der Waals surface area contributed by atoms with Crippen LogP contribution in [0.5, 0.6) is 5.75 Å². The number of aliphatic carboxylic acids is 1. The standard InChI is InChI=1S/C24H32N4O7/c1-34-20-3-2-16(14-19(20)28-13-8-21(29)25-24(28)33)23(32)27-11-6-18(7-12-27)35-17-4-9-26(10-5-17)15-22(30)31/h2-3,14,17-18H,4-13,15H2,1H3,(H,30,31)(H,25,29,33). The molecule has 1 aromatic rings. The van der Waals surface area contributed by atoms with E-state index in [1.54, 1.807) is 23.1 Å². The first-order valence-corrected chi connectivity index (χ1v) is 12.0. The monoisotopic (exact) mass is 488 g/mol. The van der Waals surface area contributed by atoms with Gasteiger partial charge in [0.1, 0.15) is 5.75 Å². The van der Waals surface area contributed by atoms with Gasteiger partial charge in [-0.3, -0.25) is 29.5 Å². The molecule has 4 amide bonds. The van der Waals surface area contributed by atoms with E-state index in [1.165, 1.54) is 12.0 Å². The Morgan fingerprint density at radius 2 is 1.69 bits per heavy atom. The topological polar surface area (TPSA) is 129 Å². The molecule has 0 unspecified atom stereocenters. The first-order valence-electron chi connectivity index (χ1n) is 12.0. The van der Waals surface area contributed by atoms with Crippen LogP contribution >= 0.6 is 0 Å². The van der Waals surface area contributed by atoms with Crippen molar-refractivity contribution in [3.05, 3.63) is 23.8 Å². The molecule has 0 aliphatic carbocycles. The van der Waals surface area contributed by atoms with Crippen LogP contribution in [0.2, 0.25) is 0 Å². The minimum absolute atomic E-state index is 0.0703. The van der Waals surface area contributed by atoms with Gasteiger partial charge in [-0.25, -0.2) is 4.79 Å². The third-order valence-corrected chi connectivity index (χ3v) is 6.78. The van der Waals surface area contributed by atoms with Gasteiger partial charge in [0.05, 0.1) is 31.5 Å². The number of imide groups is 1. The number of hydrogen-bond donors (Lipinski definition) is 2. The highest BCUT2D eigenvalue weighted by molar-refractivity contribution is 6.07. The normalized spacial score (nSPS) is 20.6. The van der Waals surface area contributed by atoms with Crippen molar-refractivity contribution >= 4 is 29.5 Å². The summed E-state index contributed by atoms with van der Waals surface area (Å²) >= 11 is 0. The molecule has 3 aliphatic rings. The summed E-state index contributed by atoms with van der Waals surface area (Å²) in [5.41, 5.74) is 0.909. The van der Waals surface area contributed by atoms with Gasteiger partial charge in [-0.15, -0.1) is 0 Å². The number of benzene rings is 1. The van der Waals surface area contributed by atoms with E-state index in [0.717, 1.165) is 38.8 Å². The Morgan fingerprint density at radius 1 is 1.03 bits per heavy atom. The number of ether oxygens (including phenoxy) is 2. The highest BCUT2D eigenvalue weighted by Crippen LogP contribution is 2.31. The molecule has 0 spiro atoms. The average molecular weight is 489 g/mol. The van der Waals surface area contributed by atoms with Gasteiger partial charge >= 0.3 is 12.0 Å². The molecule has 0 radical (unpaired) electrons. The third-order valence-electron chi connectivity index (χ3n) is 6.78. The van der Waals surface area contributed by atoms with Gasteiger partial charge in [0.2, 0.25) is 5.91 Å². The molecular formula is C24H32N4O7. The maximum Gasteiger partial charge on any atom is 0.328 e.